The molecule has 1 N–H and O–H groups in total. The number of nitriles is 1. The molecule has 0 spiro atoms. The Labute approximate surface area is 125 Å². The third kappa shape index (κ3) is 3.37. The Hall–Kier alpha value is -1.57. The number of hydrogen-bond acceptors (Lipinski definition) is 4. The topological polar surface area (TPSA) is 56.5 Å². The van der Waals surface area contributed by atoms with E-state index < -0.39 is 0 Å². The molecule has 2 fully saturated rings. The lowest BCUT2D eigenvalue weighted by atomic mass is 9.78. The third-order valence-corrected chi connectivity index (χ3v) is 4.79. The Morgan fingerprint density at radius 3 is 3.10 bits per heavy atom. The zero-order valence-electron chi connectivity index (χ0n) is 12.2. The molecule has 4 heteroatoms. The molecule has 1 aliphatic heterocycles. The van der Waals surface area contributed by atoms with Crippen molar-refractivity contribution in [3.05, 3.63) is 29.8 Å². The van der Waals surface area contributed by atoms with Gasteiger partial charge in [-0.05, 0) is 56.3 Å². The number of fused-ring (bicyclic) bond motifs is 2. The van der Waals surface area contributed by atoms with Crippen LogP contribution in [-0.4, -0.2) is 41.8 Å². The highest BCUT2D eigenvalue weighted by molar-refractivity contribution is 5.36. The Bertz CT molecular complexity index is 526. The van der Waals surface area contributed by atoms with Crippen molar-refractivity contribution in [1.82, 2.24) is 4.90 Å². The van der Waals surface area contributed by atoms with E-state index in [4.69, 9.17) is 10.00 Å². The van der Waals surface area contributed by atoms with Gasteiger partial charge in [-0.3, -0.25) is 4.90 Å². The van der Waals surface area contributed by atoms with Crippen LogP contribution in [0.3, 0.4) is 0 Å². The molecule has 1 aromatic rings. The second kappa shape index (κ2) is 6.46. The maximum Gasteiger partial charge on any atom is 0.120 e. The summed E-state index contributed by atoms with van der Waals surface area (Å²) in [6.45, 7) is 2.50. The molecule has 3 atom stereocenters. The van der Waals surface area contributed by atoms with E-state index in [1.54, 1.807) is 12.1 Å². The summed E-state index contributed by atoms with van der Waals surface area (Å²) >= 11 is 0. The van der Waals surface area contributed by atoms with Gasteiger partial charge in [0.15, 0.2) is 0 Å². The first-order valence-electron chi connectivity index (χ1n) is 7.81. The molecule has 112 valence electrons. The molecule has 4 nitrogen and oxygen atoms in total. The second-order valence-electron chi connectivity index (χ2n) is 6.13. The largest absolute Gasteiger partial charge is 0.492 e. The molecule has 1 aliphatic carbocycles. The van der Waals surface area contributed by atoms with Gasteiger partial charge in [-0.1, -0.05) is 6.07 Å². The van der Waals surface area contributed by atoms with Crippen LogP contribution in [0.1, 0.15) is 31.2 Å². The number of piperidine rings is 1. The summed E-state index contributed by atoms with van der Waals surface area (Å²) in [4.78, 5) is 2.37. The van der Waals surface area contributed by atoms with Gasteiger partial charge in [0.1, 0.15) is 12.4 Å². The van der Waals surface area contributed by atoms with Crippen LogP contribution in [0.15, 0.2) is 24.3 Å². The average molecular weight is 286 g/mol. The standard InChI is InChI=1S/C17H22N2O2/c18-12-14-2-1-3-15(10-14)21-9-8-19-7-6-13-4-5-17(20)16(19)11-13/h1-3,10,13,16-17,20H,4-9,11H2. The molecule has 1 saturated carbocycles. The van der Waals surface area contributed by atoms with Crippen LogP contribution in [0.4, 0.5) is 0 Å². The molecule has 0 radical (unpaired) electrons. The van der Waals surface area contributed by atoms with Crippen molar-refractivity contribution < 1.29 is 9.84 Å². The van der Waals surface area contributed by atoms with Crippen molar-refractivity contribution in [2.75, 3.05) is 19.7 Å². The summed E-state index contributed by atoms with van der Waals surface area (Å²) in [6.07, 6.45) is 4.32. The predicted molar refractivity (Wildman–Crippen MR) is 80.0 cm³/mol. The molecular weight excluding hydrogens is 264 g/mol. The molecular formula is C17H22N2O2. The van der Waals surface area contributed by atoms with E-state index in [-0.39, 0.29) is 6.10 Å². The molecule has 0 aromatic heterocycles. The lowest BCUT2D eigenvalue weighted by Crippen LogP contribution is -2.52. The van der Waals surface area contributed by atoms with Crippen molar-refractivity contribution in [3.63, 3.8) is 0 Å². The Morgan fingerprint density at radius 2 is 2.24 bits per heavy atom. The van der Waals surface area contributed by atoms with Crippen LogP contribution in [0.25, 0.3) is 0 Å². The number of likely N-dealkylation sites (tertiary alicyclic amines) is 1. The smallest absolute Gasteiger partial charge is 0.120 e. The van der Waals surface area contributed by atoms with Crippen molar-refractivity contribution in [2.24, 2.45) is 5.92 Å². The lowest BCUT2D eigenvalue weighted by molar-refractivity contribution is -0.0311. The van der Waals surface area contributed by atoms with E-state index in [1.165, 1.54) is 12.8 Å². The van der Waals surface area contributed by atoms with Gasteiger partial charge in [0.05, 0.1) is 17.7 Å². The molecule has 1 heterocycles. The zero-order valence-corrected chi connectivity index (χ0v) is 12.2. The first-order valence-corrected chi connectivity index (χ1v) is 7.81. The summed E-state index contributed by atoms with van der Waals surface area (Å²) in [5.41, 5.74) is 0.621. The van der Waals surface area contributed by atoms with Gasteiger partial charge >= 0.3 is 0 Å². The fourth-order valence-corrected chi connectivity index (χ4v) is 3.60. The van der Waals surface area contributed by atoms with Crippen molar-refractivity contribution >= 4 is 0 Å². The van der Waals surface area contributed by atoms with Crippen LogP contribution >= 0.6 is 0 Å². The van der Waals surface area contributed by atoms with Crippen molar-refractivity contribution in [3.8, 4) is 11.8 Å². The molecule has 1 aromatic carbocycles. The minimum absolute atomic E-state index is 0.177. The maximum absolute atomic E-state index is 10.2. The van der Waals surface area contributed by atoms with Gasteiger partial charge in [0.2, 0.25) is 0 Å². The minimum atomic E-state index is -0.177. The van der Waals surface area contributed by atoms with E-state index in [0.29, 0.717) is 18.2 Å². The van der Waals surface area contributed by atoms with E-state index in [2.05, 4.69) is 11.0 Å². The fourth-order valence-electron chi connectivity index (χ4n) is 3.60. The Balaban J connectivity index is 1.52. The Morgan fingerprint density at radius 1 is 1.33 bits per heavy atom. The average Bonchev–Trinajstić information content (AvgIpc) is 2.53. The van der Waals surface area contributed by atoms with Crippen LogP contribution in [0, 0.1) is 17.2 Å². The molecule has 2 bridgehead atoms. The quantitative estimate of drug-likeness (QED) is 0.921. The third-order valence-electron chi connectivity index (χ3n) is 4.79. The molecule has 21 heavy (non-hydrogen) atoms. The van der Waals surface area contributed by atoms with Crippen LogP contribution in [0.5, 0.6) is 5.75 Å². The highest BCUT2D eigenvalue weighted by Crippen LogP contribution is 2.34. The molecule has 3 rings (SSSR count). The molecule has 3 unspecified atom stereocenters. The predicted octanol–water partition coefficient (Wildman–Crippen LogP) is 2.17. The van der Waals surface area contributed by atoms with Crippen LogP contribution in [0.2, 0.25) is 0 Å². The lowest BCUT2D eigenvalue weighted by Gasteiger charge is -2.45. The number of aliphatic hydroxyl groups is 1. The minimum Gasteiger partial charge on any atom is -0.492 e. The molecule has 0 amide bonds. The summed E-state index contributed by atoms with van der Waals surface area (Å²) in [7, 11) is 0. The van der Waals surface area contributed by atoms with Gasteiger partial charge in [-0.2, -0.15) is 5.26 Å². The highest BCUT2D eigenvalue weighted by atomic mass is 16.5. The monoisotopic (exact) mass is 286 g/mol. The summed E-state index contributed by atoms with van der Waals surface area (Å²) in [5.74, 6) is 1.55. The number of benzene rings is 1. The van der Waals surface area contributed by atoms with E-state index in [1.807, 2.05) is 12.1 Å². The summed E-state index contributed by atoms with van der Waals surface area (Å²) < 4.78 is 5.75. The molecule has 1 saturated heterocycles. The number of ether oxygens (including phenoxy) is 1. The summed E-state index contributed by atoms with van der Waals surface area (Å²) in [5, 5.41) is 19.0. The van der Waals surface area contributed by atoms with Crippen LogP contribution < -0.4 is 4.74 Å². The number of aliphatic hydroxyl groups excluding tert-OH is 1. The van der Waals surface area contributed by atoms with Gasteiger partial charge in [-0.15, -0.1) is 0 Å². The van der Waals surface area contributed by atoms with Crippen LogP contribution in [-0.2, 0) is 0 Å². The highest BCUT2D eigenvalue weighted by Gasteiger charge is 2.36. The van der Waals surface area contributed by atoms with Crippen molar-refractivity contribution in [2.45, 2.75) is 37.8 Å². The zero-order chi connectivity index (χ0) is 14.7. The fraction of sp³-hybridized carbons (Fsp3) is 0.588. The first-order chi connectivity index (χ1) is 10.3. The first kappa shape index (κ1) is 14.4. The van der Waals surface area contributed by atoms with Gasteiger partial charge in [0.25, 0.3) is 0 Å². The van der Waals surface area contributed by atoms with Gasteiger partial charge in [0, 0.05) is 12.6 Å². The summed E-state index contributed by atoms with van der Waals surface area (Å²) in [6, 6.07) is 9.68. The van der Waals surface area contributed by atoms with Gasteiger partial charge in [-0.25, -0.2) is 0 Å². The number of nitrogens with zero attached hydrogens (tertiary/aromatic N) is 2. The van der Waals surface area contributed by atoms with E-state index in [0.717, 1.165) is 37.6 Å². The normalized spacial score (nSPS) is 28.9. The molecule has 2 aliphatic rings. The SMILES string of the molecule is N#Cc1cccc(OCCN2CCC3CCC(O)C2C3)c1. The van der Waals surface area contributed by atoms with Gasteiger partial charge < -0.3 is 9.84 Å². The maximum atomic E-state index is 10.2. The van der Waals surface area contributed by atoms with E-state index in [9.17, 15) is 5.11 Å². The second-order valence-corrected chi connectivity index (χ2v) is 6.13. The number of rotatable bonds is 4. The number of hydrogen-bond donors (Lipinski definition) is 1. The van der Waals surface area contributed by atoms with E-state index >= 15 is 0 Å². The van der Waals surface area contributed by atoms with Crippen molar-refractivity contribution in [1.29, 1.82) is 5.26 Å². The Kier molecular flexibility index (Phi) is 4.42.